The highest BCUT2D eigenvalue weighted by atomic mass is 35.5. The molecule has 0 bridgehead atoms. The second kappa shape index (κ2) is 9.36. The number of halogens is 7. The largest absolute Gasteiger partial charge is 0.416 e. The molecule has 29 heavy (non-hydrogen) atoms. The van der Waals surface area contributed by atoms with E-state index in [2.05, 4.69) is 5.32 Å². The number of ether oxygens (including phenoxy) is 1. The van der Waals surface area contributed by atoms with E-state index in [1.165, 1.54) is 0 Å². The number of hydrogen-bond acceptors (Lipinski definition) is 2. The number of alkyl halides is 6. The Hall–Kier alpha value is -1.77. The van der Waals surface area contributed by atoms with Gasteiger partial charge in [0.15, 0.2) is 0 Å². The minimum Gasteiger partial charge on any atom is -0.376 e. The van der Waals surface area contributed by atoms with Gasteiger partial charge in [-0.25, -0.2) is 0 Å². The van der Waals surface area contributed by atoms with Crippen LogP contribution in [-0.2, 0) is 23.7 Å². The van der Waals surface area contributed by atoms with Crippen molar-refractivity contribution < 1.29 is 31.1 Å². The maximum absolute atomic E-state index is 12.9. The topological polar surface area (TPSA) is 21.3 Å². The van der Waals surface area contributed by atoms with Crippen molar-refractivity contribution in [2.75, 3.05) is 19.7 Å². The van der Waals surface area contributed by atoms with Gasteiger partial charge in [0.1, 0.15) is 0 Å². The maximum Gasteiger partial charge on any atom is 0.416 e. The average molecular weight is 440 g/mol. The molecule has 160 valence electrons. The predicted octanol–water partition coefficient (Wildman–Crippen LogP) is 5.67. The highest BCUT2D eigenvalue weighted by Crippen LogP contribution is 2.36. The van der Waals surface area contributed by atoms with Gasteiger partial charge >= 0.3 is 12.4 Å². The van der Waals surface area contributed by atoms with E-state index in [1.54, 1.807) is 0 Å². The molecule has 2 nitrogen and oxygen atoms in total. The number of nitrogens with one attached hydrogen (secondary N) is 1. The molecule has 0 aromatic heterocycles. The Morgan fingerprint density at radius 1 is 0.862 bits per heavy atom. The van der Waals surface area contributed by atoms with Crippen LogP contribution in [0, 0.1) is 5.92 Å². The third-order valence-electron chi connectivity index (χ3n) is 4.82. The molecular formula is C20H20ClF6NO. The van der Waals surface area contributed by atoms with E-state index in [1.807, 2.05) is 30.3 Å². The molecule has 2 aromatic rings. The van der Waals surface area contributed by atoms with Crippen LogP contribution >= 0.6 is 12.4 Å². The fourth-order valence-corrected chi connectivity index (χ4v) is 3.43. The third-order valence-corrected chi connectivity index (χ3v) is 4.82. The zero-order valence-corrected chi connectivity index (χ0v) is 16.0. The molecule has 0 spiro atoms. The van der Waals surface area contributed by atoms with Crippen LogP contribution in [0.5, 0.6) is 0 Å². The molecule has 0 aliphatic carbocycles. The Morgan fingerprint density at radius 3 is 2.00 bits per heavy atom. The van der Waals surface area contributed by atoms with Crippen LogP contribution in [0.25, 0.3) is 0 Å². The Balaban J connectivity index is 0.00000300. The van der Waals surface area contributed by atoms with Crippen molar-refractivity contribution in [1.29, 1.82) is 0 Å². The van der Waals surface area contributed by atoms with E-state index in [-0.39, 0.29) is 49.1 Å². The Kier molecular flexibility index (Phi) is 7.59. The molecule has 1 fully saturated rings. The predicted molar refractivity (Wildman–Crippen MR) is 98.9 cm³/mol. The van der Waals surface area contributed by atoms with Crippen molar-refractivity contribution in [1.82, 2.24) is 5.32 Å². The fourth-order valence-electron chi connectivity index (χ4n) is 3.43. The molecule has 1 heterocycles. The zero-order valence-electron chi connectivity index (χ0n) is 15.2. The monoisotopic (exact) mass is 439 g/mol. The van der Waals surface area contributed by atoms with Crippen LogP contribution in [0.1, 0.15) is 28.2 Å². The number of benzene rings is 2. The SMILES string of the molecule is Cl.FC(F)(F)c1cc(COC[C@H]2CNC[C@@H]2c2ccccc2)cc(C(F)(F)F)c1. The summed E-state index contributed by atoms with van der Waals surface area (Å²) in [6.45, 7) is 1.35. The van der Waals surface area contributed by atoms with Crippen molar-refractivity contribution >= 4 is 12.4 Å². The van der Waals surface area contributed by atoms with Gasteiger partial charge in [-0.2, -0.15) is 26.3 Å². The van der Waals surface area contributed by atoms with Crippen molar-refractivity contribution in [2.24, 2.45) is 5.92 Å². The van der Waals surface area contributed by atoms with Crippen LogP contribution in [0.4, 0.5) is 26.3 Å². The molecule has 1 N–H and O–H groups in total. The lowest BCUT2D eigenvalue weighted by molar-refractivity contribution is -0.143. The molecule has 2 atom stereocenters. The van der Waals surface area contributed by atoms with E-state index in [9.17, 15) is 26.3 Å². The summed E-state index contributed by atoms with van der Waals surface area (Å²) in [5.41, 5.74) is -1.68. The first-order chi connectivity index (χ1) is 13.1. The van der Waals surface area contributed by atoms with Crippen molar-refractivity contribution in [3.05, 3.63) is 70.8 Å². The van der Waals surface area contributed by atoms with Crippen LogP contribution in [0.3, 0.4) is 0 Å². The summed E-state index contributed by atoms with van der Waals surface area (Å²) in [4.78, 5) is 0. The quantitative estimate of drug-likeness (QED) is 0.606. The lowest BCUT2D eigenvalue weighted by Gasteiger charge is -2.19. The minimum absolute atomic E-state index is 0. The summed E-state index contributed by atoms with van der Waals surface area (Å²) in [7, 11) is 0. The van der Waals surface area contributed by atoms with Gasteiger partial charge in [-0.3, -0.25) is 0 Å². The normalized spacial score (nSPS) is 19.8. The molecule has 0 radical (unpaired) electrons. The standard InChI is InChI=1S/C20H19F6NO.ClH/c21-19(22,23)16-6-13(7-17(8-16)20(24,25)26)11-28-12-15-9-27-10-18(15)14-4-2-1-3-5-14;/h1-8,15,18,27H,9-12H2;1H/t15-,18-;/m1./s1. The van der Waals surface area contributed by atoms with Gasteiger partial charge in [-0.1, -0.05) is 30.3 Å². The summed E-state index contributed by atoms with van der Waals surface area (Å²) in [5.74, 6) is 0.281. The molecule has 2 aromatic carbocycles. The molecule has 0 unspecified atom stereocenters. The van der Waals surface area contributed by atoms with E-state index in [0.717, 1.165) is 12.1 Å². The van der Waals surface area contributed by atoms with Crippen LogP contribution in [0.2, 0.25) is 0 Å². The smallest absolute Gasteiger partial charge is 0.376 e. The van der Waals surface area contributed by atoms with Crippen LogP contribution < -0.4 is 5.32 Å². The Bertz CT molecular complexity index is 762. The van der Waals surface area contributed by atoms with Gasteiger partial charge < -0.3 is 10.1 Å². The number of rotatable bonds is 5. The molecule has 0 saturated carbocycles. The third kappa shape index (κ3) is 6.10. The molecular weight excluding hydrogens is 420 g/mol. The highest BCUT2D eigenvalue weighted by molar-refractivity contribution is 5.85. The average Bonchev–Trinajstić information content (AvgIpc) is 3.09. The van der Waals surface area contributed by atoms with Gasteiger partial charge in [-0.05, 0) is 29.3 Å². The van der Waals surface area contributed by atoms with E-state index < -0.39 is 23.5 Å². The maximum atomic E-state index is 12.9. The minimum atomic E-state index is -4.86. The molecule has 0 amide bonds. The van der Waals surface area contributed by atoms with Crippen LogP contribution in [-0.4, -0.2) is 19.7 Å². The molecule has 1 aliphatic heterocycles. The molecule has 3 rings (SSSR count). The van der Waals surface area contributed by atoms with Crippen molar-refractivity contribution in [2.45, 2.75) is 24.9 Å². The van der Waals surface area contributed by atoms with Gasteiger partial charge in [0, 0.05) is 24.9 Å². The van der Waals surface area contributed by atoms with Gasteiger partial charge in [0.2, 0.25) is 0 Å². The summed E-state index contributed by atoms with van der Waals surface area (Å²) >= 11 is 0. The molecule has 9 heteroatoms. The zero-order chi connectivity index (χ0) is 20.4. The summed E-state index contributed by atoms with van der Waals surface area (Å²) in [6.07, 6.45) is -9.71. The molecule has 1 saturated heterocycles. The van der Waals surface area contributed by atoms with Crippen molar-refractivity contribution in [3.63, 3.8) is 0 Å². The molecule has 1 aliphatic rings. The Labute approximate surface area is 170 Å². The first-order valence-corrected chi connectivity index (χ1v) is 8.76. The number of hydrogen-bond donors (Lipinski definition) is 1. The lowest BCUT2D eigenvalue weighted by Crippen LogP contribution is -2.18. The lowest BCUT2D eigenvalue weighted by atomic mass is 9.89. The second-order valence-corrected chi connectivity index (χ2v) is 6.86. The van der Waals surface area contributed by atoms with Gasteiger partial charge in [0.05, 0.1) is 24.3 Å². The van der Waals surface area contributed by atoms with Gasteiger partial charge in [-0.15, -0.1) is 12.4 Å². The first kappa shape index (κ1) is 23.5. The summed E-state index contributed by atoms with van der Waals surface area (Å²) < 4.78 is 83.1. The fraction of sp³-hybridized carbons (Fsp3) is 0.400. The Morgan fingerprint density at radius 2 is 1.45 bits per heavy atom. The van der Waals surface area contributed by atoms with E-state index in [0.29, 0.717) is 18.7 Å². The van der Waals surface area contributed by atoms with Crippen molar-refractivity contribution in [3.8, 4) is 0 Å². The van der Waals surface area contributed by atoms with Crippen LogP contribution in [0.15, 0.2) is 48.5 Å². The highest BCUT2D eigenvalue weighted by Gasteiger charge is 2.37. The van der Waals surface area contributed by atoms with Gasteiger partial charge in [0.25, 0.3) is 0 Å². The van der Waals surface area contributed by atoms with E-state index in [4.69, 9.17) is 4.74 Å². The summed E-state index contributed by atoms with van der Waals surface area (Å²) in [6, 6.07) is 11.3. The summed E-state index contributed by atoms with van der Waals surface area (Å²) in [5, 5.41) is 3.25. The first-order valence-electron chi connectivity index (χ1n) is 8.76. The second-order valence-electron chi connectivity index (χ2n) is 6.86. The van der Waals surface area contributed by atoms with E-state index >= 15 is 0 Å².